The number of nitrogens with zero attached hydrogens (tertiary/aromatic N) is 3. The van der Waals surface area contributed by atoms with Gasteiger partial charge < -0.3 is 15.1 Å². The van der Waals surface area contributed by atoms with E-state index in [-0.39, 0.29) is 18.0 Å². The molecule has 1 saturated heterocycles. The summed E-state index contributed by atoms with van der Waals surface area (Å²) in [5.74, 6) is -0.0389. The van der Waals surface area contributed by atoms with E-state index in [4.69, 9.17) is 0 Å². The summed E-state index contributed by atoms with van der Waals surface area (Å²) in [4.78, 5) is 31.2. The normalized spacial score (nSPS) is 15.8. The minimum Gasteiger partial charge on any atom is -0.337 e. The molecule has 2 rings (SSSR count). The summed E-state index contributed by atoms with van der Waals surface area (Å²) >= 11 is 0. The third-order valence-corrected chi connectivity index (χ3v) is 3.40. The molecule has 1 fully saturated rings. The Balaban J connectivity index is 1.85. The van der Waals surface area contributed by atoms with E-state index < -0.39 is 0 Å². The number of hydrogen-bond acceptors (Lipinski definition) is 3. The molecular formula is C14H20N4O2. The Morgan fingerprint density at radius 2 is 2.00 bits per heavy atom. The molecule has 0 unspecified atom stereocenters. The van der Waals surface area contributed by atoms with E-state index in [1.807, 2.05) is 6.07 Å². The number of carbonyl (C=O) groups excluding carboxylic acids is 2. The van der Waals surface area contributed by atoms with Crippen molar-refractivity contribution in [3.63, 3.8) is 0 Å². The van der Waals surface area contributed by atoms with E-state index in [0.717, 1.165) is 12.8 Å². The number of likely N-dealkylation sites (tertiary alicyclic amines) is 1. The first-order valence-electron chi connectivity index (χ1n) is 6.76. The molecule has 2 heterocycles. The van der Waals surface area contributed by atoms with Crippen LogP contribution in [0.5, 0.6) is 0 Å². The van der Waals surface area contributed by atoms with Crippen LogP contribution >= 0.6 is 0 Å². The summed E-state index contributed by atoms with van der Waals surface area (Å²) in [6.07, 6.45) is 3.17. The second-order valence-corrected chi connectivity index (χ2v) is 5.13. The van der Waals surface area contributed by atoms with Gasteiger partial charge in [0, 0.05) is 39.4 Å². The van der Waals surface area contributed by atoms with Gasteiger partial charge in [0.1, 0.15) is 5.69 Å². The number of aromatic nitrogens is 1. The average molecular weight is 276 g/mol. The van der Waals surface area contributed by atoms with Crippen LogP contribution in [-0.4, -0.2) is 59.9 Å². The van der Waals surface area contributed by atoms with Crippen LogP contribution in [-0.2, 0) is 0 Å². The molecule has 108 valence electrons. The van der Waals surface area contributed by atoms with Crippen LogP contribution in [0.2, 0.25) is 0 Å². The fourth-order valence-corrected chi connectivity index (χ4v) is 2.18. The van der Waals surface area contributed by atoms with Gasteiger partial charge in [-0.3, -0.25) is 9.78 Å². The summed E-state index contributed by atoms with van der Waals surface area (Å²) in [5, 5.41) is 2.95. The van der Waals surface area contributed by atoms with Crippen molar-refractivity contribution in [1.29, 1.82) is 0 Å². The number of nitrogens with one attached hydrogen (secondary N) is 1. The number of urea groups is 1. The van der Waals surface area contributed by atoms with Crippen LogP contribution in [0.3, 0.4) is 0 Å². The smallest absolute Gasteiger partial charge is 0.317 e. The Morgan fingerprint density at radius 3 is 2.55 bits per heavy atom. The Labute approximate surface area is 118 Å². The molecule has 0 radical (unpaired) electrons. The summed E-state index contributed by atoms with van der Waals surface area (Å²) in [7, 11) is 3.43. The van der Waals surface area contributed by atoms with E-state index >= 15 is 0 Å². The zero-order valence-electron chi connectivity index (χ0n) is 11.9. The second kappa shape index (κ2) is 6.36. The Hall–Kier alpha value is -2.11. The van der Waals surface area contributed by atoms with Crippen LogP contribution in [0.4, 0.5) is 4.79 Å². The zero-order valence-corrected chi connectivity index (χ0v) is 11.9. The van der Waals surface area contributed by atoms with Crippen molar-refractivity contribution in [2.45, 2.75) is 18.9 Å². The summed E-state index contributed by atoms with van der Waals surface area (Å²) < 4.78 is 0. The van der Waals surface area contributed by atoms with E-state index in [1.54, 1.807) is 37.3 Å². The summed E-state index contributed by atoms with van der Waals surface area (Å²) in [6.45, 7) is 1.29. The molecular weight excluding hydrogens is 256 g/mol. The monoisotopic (exact) mass is 276 g/mol. The largest absolute Gasteiger partial charge is 0.337 e. The average Bonchev–Trinajstić information content (AvgIpc) is 2.48. The molecule has 1 aliphatic rings. The maximum absolute atomic E-state index is 12.2. The maximum atomic E-state index is 12.2. The van der Waals surface area contributed by atoms with Gasteiger partial charge in [0.15, 0.2) is 0 Å². The first-order chi connectivity index (χ1) is 9.58. The highest BCUT2D eigenvalue weighted by Gasteiger charge is 2.25. The predicted octanol–water partition coefficient (Wildman–Crippen LogP) is 0.957. The Bertz CT molecular complexity index is 467. The van der Waals surface area contributed by atoms with Gasteiger partial charge in [0.05, 0.1) is 0 Å². The van der Waals surface area contributed by atoms with Gasteiger partial charge in [-0.1, -0.05) is 6.07 Å². The molecule has 0 spiro atoms. The van der Waals surface area contributed by atoms with Crippen LogP contribution in [0.15, 0.2) is 24.4 Å². The fraction of sp³-hybridized carbons (Fsp3) is 0.500. The van der Waals surface area contributed by atoms with Gasteiger partial charge in [-0.2, -0.15) is 0 Å². The molecule has 1 aromatic heterocycles. The quantitative estimate of drug-likeness (QED) is 0.875. The Morgan fingerprint density at radius 1 is 1.30 bits per heavy atom. The van der Waals surface area contributed by atoms with Gasteiger partial charge in [-0.05, 0) is 25.0 Å². The Kier molecular flexibility index (Phi) is 4.55. The zero-order chi connectivity index (χ0) is 14.5. The van der Waals surface area contributed by atoms with Gasteiger partial charge in [0.2, 0.25) is 0 Å². The number of hydrogen-bond donors (Lipinski definition) is 1. The van der Waals surface area contributed by atoms with Crippen LogP contribution in [0.1, 0.15) is 23.3 Å². The van der Waals surface area contributed by atoms with Crippen molar-refractivity contribution in [3.05, 3.63) is 30.1 Å². The molecule has 0 bridgehead atoms. The molecule has 0 saturated carbocycles. The van der Waals surface area contributed by atoms with E-state index in [2.05, 4.69) is 10.3 Å². The SMILES string of the molecule is CN(C)C(=O)NC1CCN(C(=O)c2ccccn2)CC1. The molecule has 0 aliphatic carbocycles. The van der Waals surface area contributed by atoms with Gasteiger partial charge in [-0.15, -0.1) is 0 Å². The molecule has 1 N–H and O–H groups in total. The lowest BCUT2D eigenvalue weighted by Crippen LogP contribution is -2.48. The third kappa shape index (κ3) is 3.46. The molecule has 20 heavy (non-hydrogen) atoms. The lowest BCUT2D eigenvalue weighted by Gasteiger charge is -2.32. The standard InChI is InChI=1S/C14H20N4O2/c1-17(2)14(20)16-11-6-9-18(10-7-11)13(19)12-5-3-4-8-15-12/h3-5,8,11H,6-7,9-10H2,1-2H3,(H,16,20). The number of pyridine rings is 1. The van der Waals surface area contributed by atoms with Gasteiger partial charge in [-0.25, -0.2) is 4.79 Å². The molecule has 1 aliphatic heterocycles. The summed E-state index contributed by atoms with van der Waals surface area (Å²) in [6, 6.07) is 5.38. The van der Waals surface area contributed by atoms with Crippen LogP contribution in [0, 0.1) is 0 Å². The number of amides is 3. The first-order valence-corrected chi connectivity index (χ1v) is 6.76. The molecule has 6 nitrogen and oxygen atoms in total. The van der Waals surface area contributed by atoms with Crippen molar-refractivity contribution in [2.24, 2.45) is 0 Å². The van der Waals surface area contributed by atoms with Gasteiger partial charge >= 0.3 is 6.03 Å². The molecule has 1 aromatic rings. The van der Waals surface area contributed by atoms with E-state index in [9.17, 15) is 9.59 Å². The van der Waals surface area contributed by atoms with Crippen molar-refractivity contribution in [2.75, 3.05) is 27.2 Å². The van der Waals surface area contributed by atoms with Crippen LogP contribution < -0.4 is 5.32 Å². The van der Waals surface area contributed by atoms with Gasteiger partial charge in [0.25, 0.3) is 5.91 Å². The van der Waals surface area contributed by atoms with Crippen LogP contribution in [0.25, 0.3) is 0 Å². The minimum absolute atomic E-state index is 0.0389. The highest BCUT2D eigenvalue weighted by Crippen LogP contribution is 2.13. The predicted molar refractivity (Wildman–Crippen MR) is 75.4 cm³/mol. The number of carbonyl (C=O) groups is 2. The topological polar surface area (TPSA) is 65.5 Å². The van der Waals surface area contributed by atoms with Crippen molar-refractivity contribution >= 4 is 11.9 Å². The molecule has 0 atom stereocenters. The molecule has 3 amide bonds. The van der Waals surface area contributed by atoms with E-state index in [0.29, 0.717) is 18.8 Å². The fourth-order valence-electron chi connectivity index (χ4n) is 2.18. The molecule has 6 heteroatoms. The maximum Gasteiger partial charge on any atom is 0.317 e. The lowest BCUT2D eigenvalue weighted by molar-refractivity contribution is 0.0701. The first kappa shape index (κ1) is 14.3. The van der Waals surface area contributed by atoms with Crippen molar-refractivity contribution < 1.29 is 9.59 Å². The van der Waals surface area contributed by atoms with Crippen molar-refractivity contribution in [1.82, 2.24) is 20.1 Å². The highest BCUT2D eigenvalue weighted by molar-refractivity contribution is 5.92. The number of piperidine rings is 1. The minimum atomic E-state index is -0.0838. The lowest BCUT2D eigenvalue weighted by atomic mass is 10.0. The highest BCUT2D eigenvalue weighted by atomic mass is 16.2. The second-order valence-electron chi connectivity index (χ2n) is 5.13. The third-order valence-electron chi connectivity index (χ3n) is 3.40. The van der Waals surface area contributed by atoms with E-state index in [1.165, 1.54) is 4.90 Å². The number of rotatable bonds is 2. The molecule has 0 aromatic carbocycles. The summed E-state index contributed by atoms with van der Waals surface area (Å²) in [5.41, 5.74) is 0.475. The van der Waals surface area contributed by atoms with Crippen molar-refractivity contribution in [3.8, 4) is 0 Å².